The fourth-order valence-corrected chi connectivity index (χ4v) is 2.33. The van der Waals surface area contributed by atoms with Crippen LogP contribution in [0, 0.1) is 13.8 Å². The summed E-state index contributed by atoms with van der Waals surface area (Å²) >= 11 is 0. The van der Waals surface area contributed by atoms with E-state index < -0.39 is 0 Å². The van der Waals surface area contributed by atoms with Crippen LogP contribution in [0.25, 0.3) is 11.4 Å². The molecular formula is C16H21N3O. The molecule has 0 amide bonds. The minimum Gasteiger partial charge on any atom is -0.496 e. The van der Waals surface area contributed by atoms with Gasteiger partial charge in [-0.3, -0.25) is 0 Å². The first-order chi connectivity index (χ1) is 9.67. The van der Waals surface area contributed by atoms with Gasteiger partial charge in [-0.1, -0.05) is 12.1 Å². The maximum absolute atomic E-state index is 5.58. The molecule has 20 heavy (non-hydrogen) atoms. The molecule has 0 aliphatic heterocycles. The van der Waals surface area contributed by atoms with Crippen molar-refractivity contribution in [3.8, 4) is 17.1 Å². The van der Waals surface area contributed by atoms with E-state index in [0.29, 0.717) is 12.4 Å². The number of hydrogen-bond donors (Lipinski definition) is 1. The summed E-state index contributed by atoms with van der Waals surface area (Å²) in [5.41, 5.74) is 9.74. The normalized spacial score (nSPS) is 10.6. The Labute approximate surface area is 120 Å². The van der Waals surface area contributed by atoms with Crippen molar-refractivity contribution >= 4 is 0 Å². The van der Waals surface area contributed by atoms with Crippen LogP contribution >= 0.6 is 0 Å². The molecule has 1 aromatic carbocycles. The Hall–Kier alpha value is -1.94. The van der Waals surface area contributed by atoms with E-state index in [1.54, 1.807) is 7.11 Å². The van der Waals surface area contributed by atoms with Crippen molar-refractivity contribution in [1.29, 1.82) is 0 Å². The van der Waals surface area contributed by atoms with Crippen LogP contribution in [0.1, 0.15) is 23.4 Å². The molecule has 0 spiro atoms. The van der Waals surface area contributed by atoms with Crippen LogP contribution in [-0.2, 0) is 6.42 Å². The number of rotatable bonds is 5. The topological polar surface area (TPSA) is 61.0 Å². The van der Waals surface area contributed by atoms with Gasteiger partial charge in [0.25, 0.3) is 0 Å². The highest BCUT2D eigenvalue weighted by Gasteiger charge is 2.12. The van der Waals surface area contributed by atoms with Gasteiger partial charge >= 0.3 is 0 Å². The molecule has 4 heteroatoms. The predicted octanol–water partition coefficient (Wildman–Crippen LogP) is 2.66. The quantitative estimate of drug-likeness (QED) is 0.908. The highest BCUT2D eigenvalue weighted by atomic mass is 16.5. The Morgan fingerprint density at radius 2 is 1.75 bits per heavy atom. The van der Waals surface area contributed by atoms with Crippen LogP contribution in [0.2, 0.25) is 0 Å². The molecule has 0 radical (unpaired) electrons. The maximum atomic E-state index is 5.58. The molecule has 0 fully saturated rings. The van der Waals surface area contributed by atoms with Gasteiger partial charge < -0.3 is 10.5 Å². The van der Waals surface area contributed by atoms with E-state index in [0.717, 1.165) is 35.5 Å². The maximum Gasteiger partial charge on any atom is 0.163 e. The summed E-state index contributed by atoms with van der Waals surface area (Å²) in [5, 5.41) is 0. The Morgan fingerprint density at radius 3 is 2.35 bits per heavy atom. The van der Waals surface area contributed by atoms with Crippen molar-refractivity contribution in [1.82, 2.24) is 9.97 Å². The van der Waals surface area contributed by atoms with Gasteiger partial charge in [0.05, 0.1) is 12.7 Å². The third-order valence-corrected chi connectivity index (χ3v) is 3.40. The lowest BCUT2D eigenvalue weighted by atomic mass is 10.1. The lowest BCUT2D eigenvalue weighted by molar-refractivity contribution is 0.416. The van der Waals surface area contributed by atoms with Crippen molar-refractivity contribution < 1.29 is 4.74 Å². The van der Waals surface area contributed by atoms with Crippen molar-refractivity contribution in [2.24, 2.45) is 5.73 Å². The number of nitrogens with two attached hydrogens (primary N) is 1. The lowest BCUT2D eigenvalue weighted by Crippen LogP contribution is -2.06. The average molecular weight is 271 g/mol. The molecule has 0 unspecified atom stereocenters. The summed E-state index contributed by atoms with van der Waals surface area (Å²) in [7, 11) is 1.66. The first-order valence-electron chi connectivity index (χ1n) is 6.85. The number of aromatic nitrogens is 2. The van der Waals surface area contributed by atoms with Gasteiger partial charge in [-0.2, -0.15) is 0 Å². The van der Waals surface area contributed by atoms with Crippen molar-refractivity contribution in [3.05, 3.63) is 41.2 Å². The molecule has 4 nitrogen and oxygen atoms in total. The fourth-order valence-electron chi connectivity index (χ4n) is 2.33. The van der Waals surface area contributed by atoms with Gasteiger partial charge in [0, 0.05) is 11.4 Å². The standard InChI is InChI=1S/C16H21N3O/c1-11-13(8-6-10-17)12(2)19-16(18-11)14-7-4-5-9-15(14)20-3/h4-5,7,9H,6,8,10,17H2,1-3H3. The molecule has 2 aromatic rings. The number of nitrogens with zero attached hydrogens (tertiary/aromatic N) is 2. The average Bonchev–Trinajstić information content (AvgIpc) is 2.46. The number of para-hydroxylation sites is 1. The second-order valence-corrected chi connectivity index (χ2v) is 4.79. The molecule has 0 atom stereocenters. The van der Waals surface area contributed by atoms with Crippen LogP contribution in [-0.4, -0.2) is 23.6 Å². The number of methoxy groups -OCH3 is 1. The minimum absolute atomic E-state index is 0.688. The monoisotopic (exact) mass is 271 g/mol. The number of benzene rings is 1. The Morgan fingerprint density at radius 1 is 1.10 bits per heavy atom. The van der Waals surface area contributed by atoms with E-state index in [2.05, 4.69) is 9.97 Å². The van der Waals surface area contributed by atoms with E-state index >= 15 is 0 Å². The molecule has 2 N–H and O–H groups in total. The Balaban J connectivity index is 2.44. The Bertz CT molecular complexity index is 573. The van der Waals surface area contributed by atoms with E-state index in [9.17, 15) is 0 Å². The van der Waals surface area contributed by atoms with Gasteiger partial charge in [-0.15, -0.1) is 0 Å². The summed E-state index contributed by atoms with van der Waals surface area (Å²) in [6, 6.07) is 7.81. The minimum atomic E-state index is 0.688. The third-order valence-electron chi connectivity index (χ3n) is 3.40. The second kappa shape index (κ2) is 6.48. The third kappa shape index (κ3) is 2.96. The summed E-state index contributed by atoms with van der Waals surface area (Å²) in [6.07, 6.45) is 1.89. The highest BCUT2D eigenvalue weighted by Crippen LogP contribution is 2.28. The molecule has 1 heterocycles. The zero-order valence-corrected chi connectivity index (χ0v) is 12.3. The van der Waals surface area contributed by atoms with Gasteiger partial charge in [0.2, 0.25) is 0 Å². The largest absolute Gasteiger partial charge is 0.496 e. The van der Waals surface area contributed by atoms with Crippen molar-refractivity contribution in [3.63, 3.8) is 0 Å². The van der Waals surface area contributed by atoms with E-state index in [1.165, 1.54) is 5.56 Å². The lowest BCUT2D eigenvalue weighted by Gasteiger charge is -2.12. The molecule has 2 rings (SSSR count). The second-order valence-electron chi connectivity index (χ2n) is 4.79. The van der Waals surface area contributed by atoms with E-state index in [1.807, 2.05) is 38.1 Å². The van der Waals surface area contributed by atoms with E-state index in [-0.39, 0.29) is 0 Å². The number of hydrogen-bond acceptors (Lipinski definition) is 4. The Kier molecular flexibility index (Phi) is 4.69. The molecule has 1 aromatic heterocycles. The molecule has 0 aliphatic carbocycles. The van der Waals surface area contributed by atoms with Gasteiger partial charge in [-0.25, -0.2) is 9.97 Å². The molecular weight excluding hydrogens is 250 g/mol. The first-order valence-corrected chi connectivity index (χ1v) is 6.85. The summed E-state index contributed by atoms with van der Waals surface area (Å²) in [5.74, 6) is 1.51. The first kappa shape index (κ1) is 14.5. The van der Waals surface area contributed by atoms with Crippen LogP contribution in [0.15, 0.2) is 24.3 Å². The summed E-state index contributed by atoms with van der Waals surface area (Å²) < 4.78 is 5.38. The van der Waals surface area contributed by atoms with Gasteiger partial charge in [0.15, 0.2) is 5.82 Å². The molecule has 0 bridgehead atoms. The SMILES string of the molecule is COc1ccccc1-c1nc(C)c(CCCN)c(C)n1. The zero-order valence-electron chi connectivity index (χ0n) is 12.3. The molecule has 0 aliphatic rings. The van der Waals surface area contributed by atoms with Gasteiger partial charge in [0.1, 0.15) is 5.75 Å². The van der Waals surface area contributed by atoms with Crippen LogP contribution in [0.3, 0.4) is 0 Å². The van der Waals surface area contributed by atoms with Crippen molar-refractivity contribution in [2.75, 3.05) is 13.7 Å². The molecule has 106 valence electrons. The smallest absolute Gasteiger partial charge is 0.163 e. The van der Waals surface area contributed by atoms with Crippen LogP contribution < -0.4 is 10.5 Å². The highest BCUT2D eigenvalue weighted by molar-refractivity contribution is 5.64. The summed E-state index contributed by atoms with van der Waals surface area (Å²) in [4.78, 5) is 9.27. The van der Waals surface area contributed by atoms with Crippen LogP contribution in [0.4, 0.5) is 0 Å². The van der Waals surface area contributed by atoms with E-state index in [4.69, 9.17) is 10.5 Å². The predicted molar refractivity (Wildman–Crippen MR) is 80.9 cm³/mol. The number of ether oxygens (including phenoxy) is 1. The van der Waals surface area contributed by atoms with Gasteiger partial charge in [-0.05, 0) is 50.9 Å². The zero-order chi connectivity index (χ0) is 14.5. The summed E-state index contributed by atoms with van der Waals surface area (Å²) in [6.45, 7) is 4.74. The van der Waals surface area contributed by atoms with Crippen LogP contribution in [0.5, 0.6) is 5.75 Å². The van der Waals surface area contributed by atoms with Crippen molar-refractivity contribution in [2.45, 2.75) is 26.7 Å². The number of aryl methyl sites for hydroxylation is 2. The molecule has 0 saturated heterocycles. The fraction of sp³-hybridized carbons (Fsp3) is 0.375. The molecule has 0 saturated carbocycles.